The van der Waals surface area contributed by atoms with Crippen LogP contribution in [0.15, 0.2) is 18.2 Å². The average molecular weight is 283 g/mol. The zero-order valence-corrected chi connectivity index (χ0v) is 10.8. The number of ether oxygens (including phenoxy) is 1. The summed E-state index contributed by atoms with van der Waals surface area (Å²) < 4.78 is 42.3. The number of aromatic nitrogens is 1. The summed E-state index contributed by atoms with van der Waals surface area (Å²) in [4.78, 5) is 5.12. The van der Waals surface area contributed by atoms with Crippen LogP contribution in [0, 0.1) is 0 Å². The Kier molecular flexibility index (Phi) is 5.22. The van der Waals surface area contributed by atoms with E-state index in [9.17, 15) is 13.2 Å². The van der Waals surface area contributed by atoms with Crippen molar-refractivity contribution in [3.05, 3.63) is 23.9 Å². The van der Waals surface area contributed by atoms with Gasteiger partial charge in [-0.2, -0.15) is 13.2 Å². The van der Waals surface area contributed by atoms with Crippen molar-refractivity contribution in [3.8, 4) is 0 Å². The third-order valence-electron chi connectivity index (χ3n) is 2.24. The van der Waals surface area contributed by atoms with Crippen molar-refractivity contribution in [1.82, 2.24) is 4.98 Å². The lowest BCUT2D eigenvalue weighted by Crippen LogP contribution is -2.29. The molecule has 1 atom stereocenters. The van der Waals surface area contributed by atoms with Crippen LogP contribution in [0.4, 0.5) is 19.0 Å². The van der Waals surface area contributed by atoms with E-state index in [1.54, 1.807) is 11.9 Å². The molecule has 1 aromatic heterocycles. The van der Waals surface area contributed by atoms with Gasteiger partial charge in [-0.05, 0) is 12.1 Å². The zero-order valence-electron chi connectivity index (χ0n) is 10.0. The summed E-state index contributed by atoms with van der Waals surface area (Å²) in [6, 6.07) is 3.76. The van der Waals surface area contributed by atoms with E-state index in [1.807, 2.05) is 0 Å². The van der Waals surface area contributed by atoms with Gasteiger partial charge in [-0.1, -0.05) is 6.07 Å². The summed E-state index contributed by atoms with van der Waals surface area (Å²) in [6.45, 7) is 0.675. The van der Waals surface area contributed by atoms with Crippen LogP contribution in [-0.4, -0.2) is 37.7 Å². The molecule has 1 aromatic rings. The maximum Gasteiger partial charge on any atom is 0.433 e. The molecule has 0 saturated carbocycles. The third kappa shape index (κ3) is 4.34. The lowest BCUT2D eigenvalue weighted by molar-refractivity contribution is -0.141. The topological polar surface area (TPSA) is 25.4 Å². The molecule has 7 heteroatoms. The number of rotatable bonds is 5. The quantitative estimate of drug-likeness (QED) is 0.777. The first kappa shape index (κ1) is 15.0. The minimum Gasteiger partial charge on any atom is -0.383 e. The number of anilines is 1. The lowest BCUT2D eigenvalue weighted by Gasteiger charge is -2.21. The highest BCUT2D eigenvalue weighted by molar-refractivity contribution is 6.21. The van der Waals surface area contributed by atoms with Gasteiger partial charge >= 0.3 is 6.18 Å². The monoisotopic (exact) mass is 282 g/mol. The highest BCUT2D eigenvalue weighted by atomic mass is 35.5. The van der Waals surface area contributed by atoms with Crippen LogP contribution < -0.4 is 4.90 Å². The normalized spacial score (nSPS) is 13.4. The van der Waals surface area contributed by atoms with Crippen molar-refractivity contribution in [2.75, 3.05) is 32.2 Å². The molecular weight excluding hydrogens is 269 g/mol. The van der Waals surface area contributed by atoms with Gasteiger partial charge in [0.2, 0.25) is 0 Å². The Bertz CT molecular complexity index is 387. The Labute approximate surface area is 109 Å². The number of alkyl halides is 4. The third-order valence-corrected chi connectivity index (χ3v) is 2.50. The Morgan fingerprint density at radius 2 is 2.11 bits per heavy atom. The number of methoxy groups -OCH3 is 1. The SMILES string of the molecule is COCC(Cl)CN(C)c1cccc(C(F)(F)F)n1. The van der Waals surface area contributed by atoms with Gasteiger partial charge in [0.05, 0.1) is 12.0 Å². The van der Waals surface area contributed by atoms with E-state index in [4.69, 9.17) is 16.3 Å². The second-order valence-electron chi connectivity index (χ2n) is 3.81. The zero-order chi connectivity index (χ0) is 13.8. The summed E-state index contributed by atoms with van der Waals surface area (Å²) in [6.07, 6.45) is -4.44. The van der Waals surface area contributed by atoms with Crippen LogP contribution in [0.2, 0.25) is 0 Å². The van der Waals surface area contributed by atoms with Crippen molar-refractivity contribution >= 4 is 17.4 Å². The van der Waals surface area contributed by atoms with Crippen LogP contribution in [0.25, 0.3) is 0 Å². The summed E-state index contributed by atoms with van der Waals surface area (Å²) in [5.74, 6) is 0.228. The van der Waals surface area contributed by atoms with Gasteiger partial charge in [0.25, 0.3) is 0 Å². The van der Waals surface area contributed by atoms with Gasteiger partial charge < -0.3 is 9.64 Å². The molecule has 1 unspecified atom stereocenters. The van der Waals surface area contributed by atoms with E-state index in [2.05, 4.69) is 4.98 Å². The van der Waals surface area contributed by atoms with Crippen LogP contribution in [0.1, 0.15) is 5.69 Å². The number of hydrogen-bond donors (Lipinski definition) is 0. The number of pyridine rings is 1. The summed E-state index contributed by atoms with van der Waals surface area (Å²) >= 11 is 5.94. The molecule has 0 radical (unpaired) electrons. The van der Waals surface area contributed by atoms with E-state index in [-0.39, 0.29) is 11.2 Å². The molecule has 0 aliphatic heterocycles. The molecule has 0 spiro atoms. The highest BCUT2D eigenvalue weighted by Crippen LogP contribution is 2.28. The summed E-state index contributed by atoms with van der Waals surface area (Å²) in [5, 5.41) is -0.309. The fourth-order valence-electron chi connectivity index (χ4n) is 1.42. The van der Waals surface area contributed by atoms with Gasteiger partial charge in [-0.15, -0.1) is 11.6 Å². The molecule has 0 aromatic carbocycles. The van der Waals surface area contributed by atoms with Crippen molar-refractivity contribution in [2.45, 2.75) is 11.6 Å². The molecule has 0 aliphatic carbocycles. The van der Waals surface area contributed by atoms with E-state index in [0.717, 1.165) is 6.07 Å². The smallest absolute Gasteiger partial charge is 0.383 e. The van der Waals surface area contributed by atoms with E-state index in [0.29, 0.717) is 13.2 Å². The van der Waals surface area contributed by atoms with Gasteiger partial charge in [-0.25, -0.2) is 4.98 Å². The Morgan fingerprint density at radius 3 is 2.67 bits per heavy atom. The first-order chi connectivity index (χ1) is 8.34. The second-order valence-corrected chi connectivity index (χ2v) is 4.43. The van der Waals surface area contributed by atoms with Gasteiger partial charge in [0.15, 0.2) is 0 Å². The largest absolute Gasteiger partial charge is 0.433 e. The number of nitrogens with zero attached hydrogens (tertiary/aromatic N) is 2. The van der Waals surface area contributed by atoms with E-state index < -0.39 is 11.9 Å². The predicted molar refractivity (Wildman–Crippen MR) is 64.0 cm³/mol. The molecule has 1 rings (SSSR count). The molecule has 0 saturated heterocycles. The fraction of sp³-hybridized carbons (Fsp3) is 0.545. The number of halogens is 4. The van der Waals surface area contributed by atoms with Crippen molar-refractivity contribution in [3.63, 3.8) is 0 Å². The molecule has 0 aliphatic rings. The van der Waals surface area contributed by atoms with Crippen molar-refractivity contribution < 1.29 is 17.9 Å². The molecule has 3 nitrogen and oxygen atoms in total. The molecule has 0 bridgehead atoms. The van der Waals surface area contributed by atoms with Crippen LogP contribution in [-0.2, 0) is 10.9 Å². The molecule has 0 amide bonds. The lowest BCUT2D eigenvalue weighted by atomic mass is 10.3. The van der Waals surface area contributed by atoms with Crippen LogP contribution in [0.5, 0.6) is 0 Å². The predicted octanol–water partition coefficient (Wildman–Crippen LogP) is 2.79. The molecule has 102 valence electrons. The Balaban J connectivity index is 2.77. The van der Waals surface area contributed by atoms with Crippen LogP contribution in [0.3, 0.4) is 0 Å². The summed E-state index contributed by atoms with van der Waals surface area (Å²) in [7, 11) is 3.14. The van der Waals surface area contributed by atoms with Crippen molar-refractivity contribution in [1.29, 1.82) is 0 Å². The first-order valence-electron chi connectivity index (χ1n) is 5.23. The molecule has 1 heterocycles. The molecule has 18 heavy (non-hydrogen) atoms. The van der Waals surface area contributed by atoms with E-state index >= 15 is 0 Å². The first-order valence-corrected chi connectivity index (χ1v) is 5.66. The Morgan fingerprint density at radius 1 is 1.44 bits per heavy atom. The van der Waals surface area contributed by atoms with Crippen molar-refractivity contribution in [2.24, 2.45) is 0 Å². The average Bonchev–Trinajstić information content (AvgIpc) is 2.28. The fourth-order valence-corrected chi connectivity index (χ4v) is 1.75. The minimum absolute atomic E-state index is 0.228. The van der Waals surface area contributed by atoms with Gasteiger partial charge in [-0.3, -0.25) is 0 Å². The minimum atomic E-state index is -4.44. The van der Waals surface area contributed by atoms with Crippen LogP contribution >= 0.6 is 11.6 Å². The standard InChI is InChI=1S/C11H14ClF3N2O/c1-17(6-8(12)7-18-2)10-5-3-4-9(16-10)11(13,14)15/h3-5,8H,6-7H2,1-2H3. The molecular formula is C11H14ClF3N2O. The maximum atomic E-state index is 12.5. The maximum absolute atomic E-state index is 12.5. The molecule has 0 N–H and O–H groups in total. The molecule has 0 fully saturated rings. The Hall–Kier alpha value is -1.01. The van der Waals surface area contributed by atoms with Gasteiger partial charge in [0.1, 0.15) is 11.5 Å². The van der Waals surface area contributed by atoms with Gasteiger partial charge in [0, 0.05) is 20.7 Å². The van der Waals surface area contributed by atoms with E-state index in [1.165, 1.54) is 19.2 Å². The second kappa shape index (κ2) is 6.24. The number of hydrogen-bond acceptors (Lipinski definition) is 3. The summed E-state index contributed by atoms with van der Waals surface area (Å²) in [5.41, 5.74) is -0.912. The highest BCUT2D eigenvalue weighted by Gasteiger charge is 2.32.